The van der Waals surface area contributed by atoms with Gasteiger partial charge in [-0.15, -0.1) is 0 Å². The zero-order chi connectivity index (χ0) is 21.9. The third kappa shape index (κ3) is 4.30. The smallest absolute Gasteiger partial charge is 0.325 e. The Kier molecular flexibility index (Phi) is 6.38. The van der Waals surface area contributed by atoms with E-state index in [2.05, 4.69) is 31.4 Å². The quantitative estimate of drug-likeness (QED) is 0.660. The maximum atomic E-state index is 13.1. The minimum Gasteiger partial charge on any atom is -0.492 e. The van der Waals surface area contributed by atoms with E-state index in [4.69, 9.17) is 4.74 Å². The van der Waals surface area contributed by atoms with Crippen LogP contribution in [0, 0.1) is 11.3 Å². The molecule has 1 aliphatic carbocycles. The molecule has 164 valence electrons. The van der Waals surface area contributed by atoms with E-state index < -0.39 is 17.5 Å². The number of anilines is 1. The molecular weight excluding hydrogens is 382 g/mol. The van der Waals surface area contributed by atoms with Crippen LogP contribution in [0.3, 0.4) is 0 Å². The number of para-hydroxylation sites is 2. The number of imide groups is 1. The number of nitrogens with one attached hydrogen (secondary N) is 2. The van der Waals surface area contributed by atoms with E-state index in [-0.39, 0.29) is 17.9 Å². The minimum absolute atomic E-state index is 0.223. The third-order valence-corrected chi connectivity index (χ3v) is 6.86. The number of nitrogens with zero attached hydrogens (tertiary/aromatic N) is 1. The van der Waals surface area contributed by atoms with Gasteiger partial charge < -0.3 is 15.4 Å². The molecule has 1 saturated heterocycles. The van der Waals surface area contributed by atoms with Gasteiger partial charge in [-0.05, 0) is 56.1 Å². The second kappa shape index (κ2) is 8.66. The molecule has 3 rings (SSSR count). The van der Waals surface area contributed by atoms with Gasteiger partial charge in [0, 0.05) is 0 Å². The van der Waals surface area contributed by atoms with E-state index in [1.54, 1.807) is 18.2 Å². The summed E-state index contributed by atoms with van der Waals surface area (Å²) in [7, 11) is 0. The molecule has 0 unspecified atom stereocenters. The normalized spacial score (nSPS) is 24.1. The summed E-state index contributed by atoms with van der Waals surface area (Å²) in [6.45, 7) is 8.75. The van der Waals surface area contributed by atoms with Crippen molar-refractivity contribution in [3.63, 3.8) is 0 Å². The molecule has 0 radical (unpaired) electrons. The summed E-state index contributed by atoms with van der Waals surface area (Å²) in [5, 5.41) is 5.64. The van der Waals surface area contributed by atoms with Gasteiger partial charge in [0.1, 0.15) is 17.8 Å². The highest BCUT2D eigenvalue weighted by molar-refractivity contribution is 6.10. The van der Waals surface area contributed by atoms with Crippen LogP contribution in [0.5, 0.6) is 5.75 Å². The van der Waals surface area contributed by atoms with Gasteiger partial charge in [-0.25, -0.2) is 4.79 Å². The Hall–Kier alpha value is -2.57. The molecule has 2 N–H and O–H groups in total. The van der Waals surface area contributed by atoms with Crippen LogP contribution in [0.1, 0.15) is 59.8 Å². The van der Waals surface area contributed by atoms with Crippen molar-refractivity contribution < 1.29 is 19.1 Å². The first-order valence-electron chi connectivity index (χ1n) is 10.9. The van der Waals surface area contributed by atoms with Crippen molar-refractivity contribution in [2.45, 2.75) is 65.3 Å². The SMILES string of the molecule is CCOc1ccccc1NC(=O)CN1C(=O)NC2(CCC(C(C)(C)CC)CC2)C1=O. The van der Waals surface area contributed by atoms with Crippen LogP contribution in [-0.2, 0) is 9.59 Å². The van der Waals surface area contributed by atoms with Crippen LogP contribution in [0.15, 0.2) is 24.3 Å². The van der Waals surface area contributed by atoms with E-state index in [1.807, 2.05) is 13.0 Å². The summed E-state index contributed by atoms with van der Waals surface area (Å²) in [4.78, 5) is 39.3. The summed E-state index contributed by atoms with van der Waals surface area (Å²) in [5.74, 6) is 0.376. The summed E-state index contributed by atoms with van der Waals surface area (Å²) in [6, 6.07) is 6.61. The van der Waals surface area contributed by atoms with Gasteiger partial charge in [-0.1, -0.05) is 39.3 Å². The fourth-order valence-electron chi connectivity index (χ4n) is 4.52. The zero-order valence-corrected chi connectivity index (χ0v) is 18.4. The van der Waals surface area contributed by atoms with E-state index >= 15 is 0 Å². The van der Waals surface area contributed by atoms with Crippen LogP contribution >= 0.6 is 0 Å². The molecule has 1 aromatic rings. The van der Waals surface area contributed by atoms with Crippen LogP contribution in [0.4, 0.5) is 10.5 Å². The summed E-state index contributed by atoms with van der Waals surface area (Å²) >= 11 is 0. The Labute approximate surface area is 178 Å². The lowest BCUT2D eigenvalue weighted by molar-refractivity contribution is -0.135. The number of urea groups is 1. The highest BCUT2D eigenvalue weighted by Crippen LogP contribution is 2.45. The zero-order valence-electron chi connectivity index (χ0n) is 18.4. The van der Waals surface area contributed by atoms with Crippen molar-refractivity contribution in [1.82, 2.24) is 10.2 Å². The second-order valence-electron chi connectivity index (χ2n) is 9.00. The molecule has 0 bridgehead atoms. The average Bonchev–Trinajstić information content (AvgIpc) is 2.94. The number of ether oxygens (including phenoxy) is 1. The lowest BCUT2D eigenvalue weighted by Crippen LogP contribution is -2.51. The van der Waals surface area contributed by atoms with Gasteiger partial charge in [0.25, 0.3) is 5.91 Å². The molecule has 1 aliphatic heterocycles. The molecule has 30 heavy (non-hydrogen) atoms. The van der Waals surface area contributed by atoms with E-state index in [0.29, 0.717) is 36.8 Å². The summed E-state index contributed by atoms with van der Waals surface area (Å²) in [6.07, 6.45) is 4.12. The first-order chi connectivity index (χ1) is 14.2. The number of hydrogen-bond acceptors (Lipinski definition) is 4. The van der Waals surface area contributed by atoms with Crippen LogP contribution in [0.2, 0.25) is 0 Å². The van der Waals surface area contributed by atoms with Gasteiger partial charge in [-0.3, -0.25) is 14.5 Å². The van der Waals surface area contributed by atoms with Crippen molar-refractivity contribution in [2.24, 2.45) is 11.3 Å². The van der Waals surface area contributed by atoms with Crippen molar-refractivity contribution in [3.8, 4) is 5.75 Å². The second-order valence-corrected chi connectivity index (χ2v) is 9.00. The summed E-state index contributed by atoms with van der Waals surface area (Å²) in [5.41, 5.74) is -0.116. The van der Waals surface area contributed by atoms with Crippen molar-refractivity contribution in [3.05, 3.63) is 24.3 Å². The molecule has 1 saturated carbocycles. The van der Waals surface area contributed by atoms with Crippen molar-refractivity contribution in [1.29, 1.82) is 0 Å². The molecule has 1 heterocycles. The Morgan fingerprint density at radius 1 is 1.23 bits per heavy atom. The maximum Gasteiger partial charge on any atom is 0.325 e. The van der Waals surface area contributed by atoms with Gasteiger partial charge in [-0.2, -0.15) is 0 Å². The molecule has 0 aromatic heterocycles. The fraction of sp³-hybridized carbons (Fsp3) is 0.609. The predicted octanol–water partition coefficient (Wildman–Crippen LogP) is 3.94. The Bertz CT molecular complexity index is 812. The average molecular weight is 416 g/mol. The van der Waals surface area contributed by atoms with Gasteiger partial charge in [0.05, 0.1) is 12.3 Å². The highest BCUT2D eigenvalue weighted by atomic mass is 16.5. The van der Waals surface area contributed by atoms with Crippen molar-refractivity contribution in [2.75, 3.05) is 18.5 Å². The van der Waals surface area contributed by atoms with Crippen LogP contribution in [-0.4, -0.2) is 41.4 Å². The van der Waals surface area contributed by atoms with Gasteiger partial charge >= 0.3 is 6.03 Å². The Morgan fingerprint density at radius 3 is 2.53 bits per heavy atom. The van der Waals surface area contributed by atoms with Gasteiger partial charge in [0.2, 0.25) is 5.91 Å². The van der Waals surface area contributed by atoms with E-state index in [9.17, 15) is 14.4 Å². The number of amides is 4. The number of carbonyl (C=O) groups is 3. The topological polar surface area (TPSA) is 87.7 Å². The number of hydrogen-bond donors (Lipinski definition) is 2. The predicted molar refractivity (Wildman–Crippen MR) is 115 cm³/mol. The largest absolute Gasteiger partial charge is 0.492 e. The lowest BCUT2D eigenvalue weighted by Gasteiger charge is -2.42. The lowest BCUT2D eigenvalue weighted by atomic mass is 9.65. The van der Waals surface area contributed by atoms with Gasteiger partial charge in [0.15, 0.2) is 0 Å². The Morgan fingerprint density at radius 2 is 1.90 bits per heavy atom. The molecule has 2 fully saturated rings. The first-order valence-corrected chi connectivity index (χ1v) is 10.9. The monoisotopic (exact) mass is 415 g/mol. The summed E-state index contributed by atoms with van der Waals surface area (Å²) < 4.78 is 5.51. The first kappa shape index (κ1) is 22.1. The highest BCUT2D eigenvalue weighted by Gasteiger charge is 2.53. The van der Waals surface area contributed by atoms with Crippen molar-refractivity contribution >= 4 is 23.5 Å². The number of rotatable bonds is 7. The maximum absolute atomic E-state index is 13.1. The molecule has 0 atom stereocenters. The molecule has 7 nitrogen and oxygen atoms in total. The molecule has 2 aliphatic rings. The number of benzene rings is 1. The molecule has 1 aromatic carbocycles. The van der Waals surface area contributed by atoms with Crippen LogP contribution < -0.4 is 15.4 Å². The van der Waals surface area contributed by atoms with Crippen LogP contribution in [0.25, 0.3) is 0 Å². The minimum atomic E-state index is -0.860. The third-order valence-electron chi connectivity index (χ3n) is 6.86. The molecular formula is C23H33N3O4. The number of carbonyl (C=O) groups excluding carboxylic acids is 3. The Balaban J connectivity index is 1.64. The fourth-order valence-corrected chi connectivity index (χ4v) is 4.52. The molecule has 1 spiro atoms. The molecule has 7 heteroatoms. The molecule has 4 amide bonds. The van der Waals surface area contributed by atoms with E-state index in [1.165, 1.54) is 0 Å². The standard InChI is InChI=1S/C23H33N3O4/c1-5-22(3,4)16-11-13-23(14-12-16)20(28)26(21(29)25-23)15-19(27)24-17-9-7-8-10-18(17)30-6-2/h7-10,16H,5-6,11-15H2,1-4H3,(H,24,27)(H,25,29). The van der Waals surface area contributed by atoms with E-state index in [0.717, 1.165) is 24.2 Å².